The molecule has 4 heterocycles. The summed E-state index contributed by atoms with van der Waals surface area (Å²) in [6, 6.07) is 3.86. The normalized spacial score (nSPS) is 22.8. The summed E-state index contributed by atoms with van der Waals surface area (Å²) in [5.74, 6) is 0.105. The Labute approximate surface area is 145 Å². The van der Waals surface area contributed by atoms with Crippen LogP contribution >= 0.6 is 0 Å². The van der Waals surface area contributed by atoms with Crippen LogP contribution < -0.4 is 0 Å². The van der Waals surface area contributed by atoms with E-state index >= 15 is 0 Å². The first-order valence-electron chi connectivity index (χ1n) is 8.45. The molecule has 0 bridgehead atoms. The van der Waals surface area contributed by atoms with E-state index in [2.05, 4.69) is 15.0 Å². The van der Waals surface area contributed by atoms with E-state index in [4.69, 9.17) is 0 Å². The van der Waals surface area contributed by atoms with Crippen molar-refractivity contribution in [3.05, 3.63) is 54.4 Å². The first kappa shape index (κ1) is 15.7. The van der Waals surface area contributed by atoms with E-state index in [1.807, 2.05) is 17.0 Å². The van der Waals surface area contributed by atoms with E-state index < -0.39 is 0 Å². The standard InChI is InChI=1S/C18H19N5O2/c24-17-15-12-23(18(25)16-9-20-5-6-21-16)11-14(15)3-7-22(17)10-13-2-1-4-19-8-13/h1-2,4-6,8-9,14-15H,3,7,10-12H2/t14-,15+/m1/s1. The lowest BCUT2D eigenvalue weighted by atomic mass is 9.88. The van der Waals surface area contributed by atoms with Gasteiger partial charge in [0.05, 0.1) is 12.1 Å². The SMILES string of the molecule is O=C(c1cnccn1)N1C[C@H]2CCN(Cc3cccnc3)C(=O)[C@H]2C1. The van der Waals surface area contributed by atoms with Gasteiger partial charge in [0.15, 0.2) is 0 Å². The number of likely N-dealkylation sites (tertiary alicyclic amines) is 2. The first-order valence-corrected chi connectivity index (χ1v) is 8.45. The Morgan fingerprint density at radius 1 is 1.16 bits per heavy atom. The summed E-state index contributed by atoms with van der Waals surface area (Å²) in [7, 11) is 0. The molecule has 2 fully saturated rings. The van der Waals surface area contributed by atoms with Crippen LogP contribution in [0.15, 0.2) is 43.1 Å². The number of aromatic nitrogens is 3. The lowest BCUT2D eigenvalue weighted by Crippen LogP contribution is -2.44. The highest BCUT2D eigenvalue weighted by Gasteiger charge is 2.44. The average molecular weight is 337 g/mol. The number of nitrogens with zero attached hydrogens (tertiary/aromatic N) is 5. The Morgan fingerprint density at radius 3 is 2.80 bits per heavy atom. The summed E-state index contributed by atoms with van der Waals surface area (Å²) in [5, 5.41) is 0. The first-order chi connectivity index (χ1) is 12.2. The molecule has 0 unspecified atom stereocenters. The second-order valence-corrected chi connectivity index (χ2v) is 6.58. The summed E-state index contributed by atoms with van der Waals surface area (Å²) in [4.78, 5) is 41.2. The number of piperidine rings is 1. The number of carbonyl (C=O) groups is 2. The summed E-state index contributed by atoms with van der Waals surface area (Å²) < 4.78 is 0. The summed E-state index contributed by atoms with van der Waals surface area (Å²) >= 11 is 0. The zero-order chi connectivity index (χ0) is 17.2. The molecule has 2 atom stereocenters. The Morgan fingerprint density at radius 2 is 2.04 bits per heavy atom. The lowest BCUT2D eigenvalue weighted by Gasteiger charge is -2.33. The molecule has 0 aliphatic carbocycles. The highest BCUT2D eigenvalue weighted by Crippen LogP contribution is 2.33. The van der Waals surface area contributed by atoms with Crippen LogP contribution in [0.3, 0.4) is 0 Å². The zero-order valence-electron chi connectivity index (χ0n) is 13.8. The minimum atomic E-state index is -0.144. The van der Waals surface area contributed by atoms with Gasteiger partial charge in [-0.3, -0.25) is 19.6 Å². The molecule has 7 heteroatoms. The van der Waals surface area contributed by atoms with Crippen molar-refractivity contribution in [2.45, 2.75) is 13.0 Å². The maximum atomic E-state index is 12.9. The van der Waals surface area contributed by atoms with Crippen LogP contribution in [0.1, 0.15) is 22.5 Å². The second-order valence-electron chi connectivity index (χ2n) is 6.58. The number of carbonyl (C=O) groups excluding carboxylic acids is 2. The van der Waals surface area contributed by atoms with Gasteiger partial charge in [-0.2, -0.15) is 0 Å². The number of amides is 2. The van der Waals surface area contributed by atoms with Gasteiger partial charge in [0.25, 0.3) is 5.91 Å². The molecule has 2 aromatic rings. The van der Waals surface area contributed by atoms with Gasteiger partial charge in [-0.25, -0.2) is 4.98 Å². The van der Waals surface area contributed by atoms with Gasteiger partial charge >= 0.3 is 0 Å². The molecule has 25 heavy (non-hydrogen) atoms. The molecule has 128 valence electrons. The van der Waals surface area contributed by atoms with Crippen LogP contribution in [-0.2, 0) is 11.3 Å². The van der Waals surface area contributed by atoms with Gasteiger partial charge in [0.2, 0.25) is 5.91 Å². The fourth-order valence-electron chi connectivity index (χ4n) is 3.72. The molecule has 2 aromatic heterocycles. The average Bonchev–Trinajstić information content (AvgIpc) is 3.10. The van der Waals surface area contributed by atoms with E-state index in [1.54, 1.807) is 23.5 Å². The van der Waals surface area contributed by atoms with Gasteiger partial charge in [0, 0.05) is 51.0 Å². The highest BCUT2D eigenvalue weighted by atomic mass is 16.2. The monoisotopic (exact) mass is 337 g/mol. The molecule has 0 N–H and O–H groups in total. The Kier molecular flexibility index (Phi) is 4.13. The molecule has 0 radical (unpaired) electrons. The summed E-state index contributed by atoms with van der Waals surface area (Å²) in [6.07, 6.45) is 8.96. The van der Waals surface area contributed by atoms with Gasteiger partial charge < -0.3 is 9.80 Å². The second kappa shape index (κ2) is 6.58. The molecule has 2 aliphatic rings. The number of rotatable bonds is 3. The molecule has 7 nitrogen and oxygen atoms in total. The molecule has 0 saturated carbocycles. The minimum absolute atomic E-state index is 0.119. The largest absolute Gasteiger partial charge is 0.338 e. The maximum absolute atomic E-state index is 12.9. The molecular formula is C18H19N5O2. The highest BCUT2D eigenvalue weighted by molar-refractivity contribution is 5.93. The van der Waals surface area contributed by atoms with Crippen molar-refractivity contribution >= 4 is 11.8 Å². The summed E-state index contributed by atoms with van der Waals surface area (Å²) in [6.45, 7) is 2.38. The van der Waals surface area contributed by atoms with Crippen LogP contribution in [-0.4, -0.2) is 56.2 Å². The van der Waals surface area contributed by atoms with E-state index in [-0.39, 0.29) is 23.7 Å². The van der Waals surface area contributed by atoms with Crippen molar-refractivity contribution in [3.63, 3.8) is 0 Å². The Bertz CT molecular complexity index is 768. The van der Waals surface area contributed by atoms with Gasteiger partial charge in [-0.1, -0.05) is 6.07 Å². The number of pyridine rings is 1. The third-order valence-electron chi connectivity index (χ3n) is 5.01. The lowest BCUT2D eigenvalue weighted by molar-refractivity contribution is -0.140. The molecule has 4 rings (SSSR count). The van der Waals surface area contributed by atoms with Crippen molar-refractivity contribution in [3.8, 4) is 0 Å². The third kappa shape index (κ3) is 3.09. The van der Waals surface area contributed by atoms with Crippen molar-refractivity contribution in [1.82, 2.24) is 24.8 Å². The van der Waals surface area contributed by atoms with Crippen molar-refractivity contribution < 1.29 is 9.59 Å². The Hall–Kier alpha value is -2.83. The molecule has 2 amide bonds. The number of fused-ring (bicyclic) bond motifs is 1. The molecule has 2 aliphatic heterocycles. The number of hydrogen-bond acceptors (Lipinski definition) is 5. The fraction of sp³-hybridized carbons (Fsp3) is 0.389. The fourth-order valence-corrected chi connectivity index (χ4v) is 3.72. The smallest absolute Gasteiger partial charge is 0.274 e. The predicted octanol–water partition coefficient (Wildman–Crippen LogP) is 0.992. The number of hydrogen-bond donors (Lipinski definition) is 0. The molecule has 0 aromatic carbocycles. The minimum Gasteiger partial charge on any atom is -0.338 e. The van der Waals surface area contributed by atoms with Crippen LogP contribution in [0.25, 0.3) is 0 Å². The maximum Gasteiger partial charge on any atom is 0.274 e. The van der Waals surface area contributed by atoms with Crippen molar-refractivity contribution in [1.29, 1.82) is 0 Å². The van der Waals surface area contributed by atoms with Crippen LogP contribution in [0.4, 0.5) is 0 Å². The van der Waals surface area contributed by atoms with Crippen molar-refractivity contribution in [2.75, 3.05) is 19.6 Å². The molecular weight excluding hydrogens is 318 g/mol. The van der Waals surface area contributed by atoms with Crippen LogP contribution in [0.5, 0.6) is 0 Å². The van der Waals surface area contributed by atoms with E-state index in [0.29, 0.717) is 25.3 Å². The Balaban J connectivity index is 1.44. The van der Waals surface area contributed by atoms with E-state index in [0.717, 1.165) is 18.5 Å². The quantitative estimate of drug-likeness (QED) is 0.834. The van der Waals surface area contributed by atoms with Crippen LogP contribution in [0, 0.1) is 11.8 Å². The van der Waals surface area contributed by atoms with Gasteiger partial charge in [0.1, 0.15) is 5.69 Å². The van der Waals surface area contributed by atoms with E-state index in [9.17, 15) is 9.59 Å². The van der Waals surface area contributed by atoms with Crippen LogP contribution in [0.2, 0.25) is 0 Å². The van der Waals surface area contributed by atoms with E-state index in [1.165, 1.54) is 12.4 Å². The molecule has 0 spiro atoms. The van der Waals surface area contributed by atoms with Crippen molar-refractivity contribution in [2.24, 2.45) is 11.8 Å². The third-order valence-corrected chi connectivity index (χ3v) is 5.01. The van der Waals surface area contributed by atoms with Gasteiger partial charge in [-0.05, 0) is 24.0 Å². The summed E-state index contributed by atoms with van der Waals surface area (Å²) in [5.41, 5.74) is 1.36. The van der Waals surface area contributed by atoms with Gasteiger partial charge in [-0.15, -0.1) is 0 Å². The topological polar surface area (TPSA) is 79.3 Å². The predicted molar refractivity (Wildman–Crippen MR) is 89.2 cm³/mol. The zero-order valence-corrected chi connectivity index (χ0v) is 13.8. The molecule has 2 saturated heterocycles.